The van der Waals surface area contributed by atoms with E-state index in [1.165, 1.54) is 0 Å². The summed E-state index contributed by atoms with van der Waals surface area (Å²) in [5.41, 5.74) is 4.37. The number of nitrogens with two attached hydrogens (primary N) is 1. The van der Waals surface area contributed by atoms with E-state index in [0.29, 0.717) is 19.3 Å². The molecule has 1 aliphatic rings. The van der Waals surface area contributed by atoms with Crippen LogP contribution in [0.5, 0.6) is 0 Å². The van der Waals surface area contributed by atoms with Crippen molar-refractivity contribution in [3.63, 3.8) is 0 Å². The molecule has 0 aliphatic heterocycles. The number of allylic oxidation sites excluding steroid dienone is 2. The Morgan fingerprint density at radius 2 is 2.20 bits per heavy atom. The van der Waals surface area contributed by atoms with Gasteiger partial charge in [0.1, 0.15) is 11.2 Å². The van der Waals surface area contributed by atoms with Gasteiger partial charge in [0, 0.05) is 6.42 Å². The lowest BCUT2D eigenvalue weighted by molar-refractivity contribution is -0.140. The van der Waals surface area contributed by atoms with Crippen molar-refractivity contribution in [1.29, 1.82) is 0 Å². The van der Waals surface area contributed by atoms with Crippen LogP contribution >= 0.6 is 0 Å². The molecule has 1 rings (SSSR count). The molecule has 0 aromatic heterocycles. The average molecular weight is 207 g/mol. The summed E-state index contributed by atoms with van der Waals surface area (Å²) in [4.78, 5) is 23.4. The fourth-order valence-corrected chi connectivity index (χ4v) is 2.47. The van der Waals surface area contributed by atoms with Crippen LogP contribution in [-0.2, 0) is 9.59 Å². The lowest BCUT2D eigenvalue weighted by Gasteiger charge is -2.29. The van der Waals surface area contributed by atoms with Gasteiger partial charge in [-0.2, -0.15) is 0 Å². The summed E-state index contributed by atoms with van der Waals surface area (Å²) in [7, 11) is 0. The summed E-state index contributed by atoms with van der Waals surface area (Å²) < 4.78 is 0. The van der Waals surface area contributed by atoms with Gasteiger partial charge >= 0.3 is 0 Å². The molecule has 1 aliphatic carbocycles. The zero-order valence-electron chi connectivity index (χ0n) is 8.87. The van der Waals surface area contributed by atoms with Gasteiger partial charge in [0.25, 0.3) is 0 Å². The Kier molecular flexibility index (Phi) is 3.45. The highest BCUT2D eigenvalue weighted by atomic mass is 16.2. The van der Waals surface area contributed by atoms with Crippen molar-refractivity contribution in [1.82, 2.24) is 0 Å². The zero-order valence-corrected chi connectivity index (χ0v) is 8.87. The maximum absolute atomic E-state index is 11.8. The quantitative estimate of drug-likeness (QED) is 0.549. The third-order valence-corrected chi connectivity index (χ3v) is 3.27. The van der Waals surface area contributed by atoms with Crippen molar-refractivity contribution in [2.75, 3.05) is 0 Å². The van der Waals surface area contributed by atoms with E-state index in [1.54, 1.807) is 12.2 Å². The van der Waals surface area contributed by atoms with Gasteiger partial charge in [-0.1, -0.05) is 12.2 Å². The molecule has 0 aromatic carbocycles. The number of carbonyl (C=O) groups is 2. The van der Waals surface area contributed by atoms with Crippen LogP contribution in [0.3, 0.4) is 0 Å². The minimum Gasteiger partial charge on any atom is -0.369 e. The van der Waals surface area contributed by atoms with E-state index in [1.807, 2.05) is 0 Å². The second-order valence-electron chi connectivity index (χ2n) is 4.01. The number of rotatable bonds is 5. The van der Waals surface area contributed by atoms with Gasteiger partial charge in [0.2, 0.25) is 5.91 Å². The molecule has 1 saturated carbocycles. The maximum Gasteiger partial charge on any atom is 0.231 e. The molecule has 15 heavy (non-hydrogen) atoms. The third kappa shape index (κ3) is 1.74. The number of amides is 1. The number of hydrogen-bond donors (Lipinski definition) is 1. The molecule has 0 radical (unpaired) electrons. The Morgan fingerprint density at radius 1 is 1.53 bits per heavy atom. The van der Waals surface area contributed by atoms with Crippen molar-refractivity contribution in [2.45, 2.75) is 25.7 Å². The van der Waals surface area contributed by atoms with Gasteiger partial charge in [-0.25, -0.2) is 0 Å². The second-order valence-corrected chi connectivity index (χ2v) is 4.01. The Bertz CT molecular complexity index is 309. The molecule has 82 valence electrons. The highest BCUT2D eigenvalue weighted by molar-refractivity contribution is 6.07. The number of Topliss-reactive ketones (excluding diaryl/α,β-unsaturated/α-hetero) is 1. The predicted octanol–water partition coefficient (Wildman–Crippen LogP) is 1.59. The van der Waals surface area contributed by atoms with Crippen molar-refractivity contribution in [2.24, 2.45) is 17.1 Å². The Balaban J connectivity index is 3.08. The summed E-state index contributed by atoms with van der Waals surface area (Å²) >= 11 is 0. The lowest BCUT2D eigenvalue weighted by Crippen LogP contribution is -2.44. The number of ketones is 1. The first kappa shape index (κ1) is 11.7. The van der Waals surface area contributed by atoms with E-state index in [2.05, 4.69) is 13.2 Å². The van der Waals surface area contributed by atoms with Crippen LogP contribution in [0.15, 0.2) is 25.3 Å². The molecular formula is C12H17NO2. The molecule has 0 saturated heterocycles. The molecule has 2 N–H and O–H groups in total. The Hall–Kier alpha value is -1.38. The summed E-state index contributed by atoms with van der Waals surface area (Å²) in [5.74, 6) is -0.559. The lowest BCUT2D eigenvalue weighted by atomic mass is 9.72. The van der Waals surface area contributed by atoms with Gasteiger partial charge < -0.3 is 5.73 Å². The predicted molar refractivity (Wildman–Crippen MR) is 59.0 cm³/mol. The smallest absolute Gasteiger partial charge is 0.231 e. The summed E-state index contributed by atoms with van der Waals surface area (Å²) in [6, 6.07) is 0. The van der Waals surface area contributed by atoms with Gasteiger partial charge in [0.15, 0.2) is 0 Å². The molecule has 1 amide bonds. The molecule has 1 fully saturated rings. The van der Waals surface area contributed by atoms with Crippen LogP contribution in [0.4, 0.5) is 0 Å². The third-order valence-electron chi connectivity index (χ3n) is 3.27. The van der Waals surface area contributed by atoms with E-state index in [-0.39, 0.29) is 11.7 Å². The SMILES string of the molecule is C=CCC1CCC(=O)C1(CC=C)C(N)=O. The summed E-state index contributed by atoms with van der Waals surface area (Å²) in [6.07, 6.45) is 5.51. The molecule has 0 spiro atoms. The molecular weight excluding hydrogens is 190 g/mol. The molecule has 3 nitrogen and oxygen atoms in total. The average Bonchev–Trinajstić information content (AvgIpc) is 2.48. The first-order chi connectivity index (χ1) is 7.09. The zero-order chi connectivity index (χ0) is 11.5. The van der Waals surface area contributed by atoms with E-state index >= 15 is 0 Å². The van der Waals surface area contributed by atoms with Gasteiger partial charge in [-0.05, 0) is 25.2 Å². The first-order valence-corrected chi connectivity index (χ1v) is 5.14. The molecule has 0 aromatic rings. The highest BCUT2D eigenvalue weighted by Gasteiger charge is 2.52. The molecule has 2 atom stereocenters. The minimum atomic E-state index is -1.02. The van der Waals surface area contributed by atoms with Crippen molar-refractivity contribution < 1.29 is 9.59 Å². The van der Waals surface area contributed by atoms with Crippen molar-refractivity contribution >= 4 is 11.7 Å². The maximum atomic E-state index is 11.8. The van der Waals surface area contributed by atoms with Gasteiger partial charge in [-0.15, -0.1) is 13.2 Å². The van der Waals surface area contributed by atoms with Crippen molar-refractivity contribution in [3.8, 4) is 0 Å². The summed E-state index contributed by atoms with van der Waals surface area (Å²) in [5, 5.41) is 0. The Morgan fingerprint density at radius 3 is 2.67 bits per heavy atom. The normalized spacial score (nSPS) is 30.1. The highest BCUT2D eigenvalue weighted by Crippen LogP contribution is 2.45. The van der Waals surface area contributed by atoms with Crippen LogP contribution < -0.4 is 5.73 Å². The first-order valence-electron chi connectivity index (χ1n) is 5.14. The molecule has 2 unspecified atom stereocenters. The summed E-state index contributed by atoms with van der Waals surface area (Å²) in [6.45, 7) is 7.24. The molecule has 0 heterocycles. The van der Waals surface area contributed by atoms with E-state index in [4.69, 9.17) is 5.73 Å². The number of carbonyl (C=O) groups excluding carboxylic acids is 2. The van der Waals surface area contributed by atoms with E-state index in [9.17, 15) is 9.59 Å². The van der Waals surface area contributed by atoms with Crippen LogP contribution in [0.25, 0.3) is 0 Å². The standard InChI is InChI=1S/C12H17NO2/c1-3-5-9-6-7-10(14)12(9,8-4-2)11(13)15/h3-4,9H,1-2,5-8H2,(H2,13,15). The van der Waals surface area contributed by atoms with E-state index in [0.717, 1.165) is 6.42 Å². The Labute approximate surface area is 90.0 Å². The van der Waals surface area contributed by atoms with E-state index < -0.39 is 11.3 Å². The van der Waals surface area contributed by atoms with Crippen LogP contribution in [-0.4, -0.2) is 11.7 Å². The largest absolute Gasteiger partial charge is 0.369 e. The van der Waals surface area contributed by atoms with Gasteiger partial charge in [0.05, 0.1) is 0 Å². The minimum absolute atomic E-state index is 0.00185. The van der Waals surface area contributed by atoms with Crippen LogP contribution in [0, 0.1) is 11.3 Å². The monoisotopic (exact) mass is 207 g/mol. The molecule has 3 heteroatoms. The van der Waals surface area contributed by atoms with Crippen LogP contribution in [0.1, 0.15) is 25.7 Å². The number of primary amides is 1. The second kappa shape index (κ2) is 4.43. The fourth-order valence-electron chi connectivity index (χ4n) is 2.47. The molecule has 0 bridgehead atoms. The number of hydrogen-bond acceptors (Lipinski definition) is 2. The van der Waals surface area contributed by atoms with Gasteiger partial charge in [-0.3, -0.25) is 9.59 Å². The topological polar surface area (TPSA) is 60.2 Å². The van der Waals surface area contributed by atoms with Crippen molar-refractivity contribution in [3.05, 3.63) is 25.3 Å². The van der Waals surface area contributed by atoms with Crippen LogP contribution in [0.2, 0.25) is 0 Å². The fraction of sp³-hybridized carbons (Fsp3) is 0.500.